The van der Waals surface area contributed by atoms with E-state index in [9.17, 15) is 0 Å². The minimum Gasteiger partial charge on any atom is -0.307 e. The van der Waals surface area contributed by atoms with Gasteiger partial charge in [-0.1, -0.05) is 146 Å². The Morgan fingerprint density at radius 3 is 2.25 bits per heavy atom. The van der Waals surface area contributed by atoms with Crippen molar-refractivity contribution < 1.29 is 4.57 Å². The van der Waals surface area contributed by atoms with Crippen molar-refractivity contribution in [3.05, 3.63) is 207 Å². The van der Waals surface area contributed by atoms with Crippen LogP contribution in [0.4, 0.5) is 0 Å². The summed E-state index contributed by atoms with van der Waals surface area (Å²) in [6.07, 6.45) is 20.0. The third-order valence-corrected chi connectivity index (χ3v) is 15.7. The molecule has 3 unspecified atom stereocenters. The maximum Gasteiger partial charge on any atom is 0.184 e. The molecule has 0 bridgehead atoms. The summed E-state index contributed by atoms with van der Waals surface area (Å²) in [5, 5.41) is 7.16. The van der Waals surface area contributed by atoms with Crippen molar-refractivity contribution in [2.45, 2.75) is 45.4 Å². The number of aromatic nitrogens is 1. The van der Waals surface area contributed by atoms with Crippen LogP contribution in [-0.4, -0.2) is 4.98 Å². The lowest BCUT2D eigenvalue weighted by atomic mass is 9.67. The number of nitrogens with zero attached hydrogens (tertiary/aromatic N) is 1. The van der Waals surface area contributed by atoms with Gasteiger partial charge in [0.2, 0.25) is 0 Å². The minimum absolute atomic E-state index is 0.137. The molecule has 0 amide bonds. The first-order chi connectivity index (χ1) is 27.1. The maximum absolute atomic E-state index is 15.4. The Kier molecular flexibility index (Phi) is 8.61. The average Bonchev–Trinajstić information content (AvgIpc) is 3.25. The molecular weight excluding hydrogens is 686 g/mol. The van der Waals surface area contributed by atoms with Crippen molar-refractivity contribution in [3.63, 3.8) is 0 Å². The fourth-order valence-electron chi connectivity index (χ4n) is 9.65. The van der Waals surface area contributed by atoms with Gasteiger partial charge in [-0.3, -0.25) is 4.98 Å². The molecule has 5 aromatic carbocycles. The van der Waals surface area contributed by atoms with E-state index in [1.165, 1.54) is 54.6 Å². The van der Waals surface area contributed by atoms with Gasteiger partial charge >= 0.3 is 0 Å². The molecule has 10 rings (SSSR count). The van der Waals surface area contributed by atoms with E-state index in [-0.39, 0.29) is 11.8 Å². The highest BCUT2D eigenvalue weighted by molar-refractivity contribution is 7.82. The number of benzene rings is 5. The molecule has 0 N–H and O–H groups in total. The van der Waals surface area contributed by atoms with E-state index in [0.717, 1.165) is 65.8 Å². The highest BCUT2D eigenvalue weighted by atomic mass is 31.2. The molecule has 6 aromatic rings. The summed E-state index contributed by atoms with van der Waals surface area (Å²) in [6.45, 7) is 2.08. The van der Waals surface area contributed by atoms with Crippen LogP contribution in [0.5, 0.6) is 0 Å². The molecule has 268 valence electrons. The molecule has 1 heterocycles. The van der Waals surface area contributed by atoms with Crippen LogP contribution in [0.2, 0.25) is 0 Å². The highest BCUT2D eigenvalue weighted by Crippen LogP contribution is 2.55. The van der Waals surface area contributed by atoms with Crippen LogP contribution < -0.4 is 21.2 Å². The zero-order valence-corrected chi connectivity index (χ0v) is 32.2. The summed E-state index contributed by atoms with van der Waals surface area (Å²) in [5.74, 6) is 0.303. The normalized spacial score (nSPS) is 20.1. The standard InChI is InChI=1S/C52H44NOP/c1-35-13-5-12-22-49(35)55(54,44-18-3-2-4-19-44)50-30-28-43(34-53-50)40-27-29-47-48(33-40)52(42-26-24-37-15-7-9-17-39(37)32-42)46-21-11-10-20-45(46)51(47)41-25-23-36-14-6-8-16-38(36)31-41/h5-18,20-23,25,27-34,47-48H,2-4,19,24,26H2,1H3. The van der Waals surface area contributed by atoms with Crippen molar-refractivity contribution in [2.24, 2.45) is 11.8 Å². The van der Waals surface area contributed by atoms with Crippen LogP contribution in [0.25, 0.3) is 33.6 Å². The number of allylic oxidation sites excluding steroid dienone is 7. The molecule has 3 heteroatoms. The van der Waals surface area contributed by atoms with Crippen molar-refractivity contribution in [1.82, 2.24) is 4.98 Å². The Morgan fingerprint density at radius 1 is 0.673 bits per heavy atom. The van der Waals surface area contributed by atoms with E-state index in [0.29, 0.717) is 5.44 Å². The zero-order valence-electron chi connectivity index (χ0n) is 31.3. The molecule has 4 aliphatic rings. The summed E-state index contributed by atoms with van der Waals surface area (Å²) in [6, 6.07) is 46.0. The number of aryl methyl sites for hydroxylation is 2. The Hall–Kier alpha value is -5.56. The van der Waals surface area contributed by atoms with Gasteiger partial charge in [-0.15, -0.1) is 0 Å². The molecule has 0 radical (unpaired) electrons. The van der Waals surface area contributed by atoms with Crippen molar-refractivity contribution in [1.29, 1.82) is 0 Å². The summed E-state index contributed by atoms with van der Waals surface area (Å²) in [5.41, 5.74) is 12.2. The lowest BCUT2D eigenvalue weighted by molar-refractivity contribution is 0.586. The quantitative estimate of drug-likeness (QED) is 0.160. The SMILES string of the molecule is Cc1ccccc1P(=O)(C1=CCCCC1)c1ccc(C2=CC3C(C4=Cc5ccccc5CC4)=c4ccccc4=C(c4ccc5ccccc5c4)C3C=C2)cn1. The Bertz CT molecular complexity index is 2820. The zero-order chi connectivity index (χ0) is 36.9. The van der Waals surface area contributed by atoms with Crippen molar-refractivity contribution in [3.8, 4) is 0 Å². The third-order valence-electron chi connectivity index (χ3n) is 12.4. The first kappa shape index (κ1) is 34.0. The third kappa shape index (κ3) is 5.87. The average molecular weight is 730 g/mol. The minimum atomic E-state index is -3.07. The summed E-state index contributed by atoms with van der Waals surface area (Å²) in [4.78, 5) is 5.08. The monoisotopic (exact) mass is 729 g/mol. The fourth-order valence-corrected chi connectivity index (χ4v) is 12.7. The number of hydrogen-bond donors (Lipinski definition) is 0. The highest BCUT2D eigenvalue weighted by Gasteiger charge is 2.37. The molecule has 3 atom stereocenters. The molecule has 0 spiro atoms. The van der Waals surface area contributed by atoms with Crippen LogP contribution >= 0.6 is 7.14 Å². The summed E-state index contributed by atoms with van der Waals surface area (Å²) >= 11 is 0. The predicted octanol–water partition coefficient (Wildman–Crippen LogP) is 10.6. The van der Waals surface area contributed by atoms with Gasteiger partial charge in [-0.05, 0) is 134 Å². The van der Waals surface area contributed by atoms with Gasteiger partial charge in [0.15, 0.2) is 7.14 Å². The van der Waals surface area contributed by atoms with E-state index >= 15 is 4.57 Å². The molecule has 0 fully saturated rings. The molecule has 0 aliphatic heterocycles. The maximum atomic E-state index is 15.4. The number of rotatable bonds is 6. The summed E-state index contributed by atoms with van der Waals surface area (Å²) in [7, 11) is -3.07. The largest absolute Gasteiger partial charge is 0.307 e. The van der Waals surface area contributed by atoms with Crippen LogP contribution in [0.3, 0.4) is 0 Å². The topological polar surface area (TPSA) is 30.0 Å². The van der Waals surface area contributed by atoms with Crippen LogP contribution in [0.1, 0.15) is 59.9 Å². The second-order valence-corrected chi connectivity index (χ2v) is 18.3. The number of hydrogen-bond acceptors (Lipinski definition) is 2. The van der Waals surface area contributed by atoms with Gasteiger partial charge in [0, 0.05) is 23.3 Å². The van der Waals surface area contributed by atoms with Crippen LogP contribution in [-0.2, 0) is 11.0 Å². The van der Waals surface area contributed by atoms with E-state index in [2.05, 4.69) is 140 Å². The Balaban J connectivity index is 1.13. The van der Waals surface area contributed by atoms with Gasteiger partial charge < -0.3 is 4.57 Å². The number of fused-ring (bicyclic) bond motifs is 4. The predicted molar refractivity (Wildman–Crippen MR) is 231 cm³/mol. The molecule has 0 saturated heterocycles. The fraction of sp³-hybridized carbons (Fsp3) is 0.173. The van der Waals surface area contributed by atoms with Crippen LogP contribution in [0.15, 0.2) is 169 Å². The van der Waals surface area contributed by atoms with Gasteiger partial charge in [0.25, 0.3) is 0 Å². The van der Waals surface area contributed by atoms with Crippen molar-refractivity contribution >= 4 is 51.4 Å². The second kappa shape index (κ2) is 13.9. The van der Waals surface area contributed by atoms with E-state index in [1.54, 1.807) is 0 Å². The second-order valence-electron chi connectivity index (χ2n) is 15.6. The Labute approximate surface area is 324 Å². The molecule has 2 nitrogen and oxygen atoms in total. The van der Waals surface area contributed by atoms with Gasteiger partial charge in [-0.25, -0.2) is 0 Å². The molecule has 1 aromatic heterocycles. The Morgan fingerprint density at radius 2 is 1.44 bits per heavy atom. The van der Waals surface area contributed by atoms with Gasteiger partial charge in [-0.2, -0.15) is 0 Å². The van der Waals surface area contributed by atoms with Gasteiger partial charge in [0.05, 0.1) is 0 Å². The smallest absolute Gasteiger partial charge is 0.184 e. The first-order valence-corrected chi connectivity index (χ1v) is 21.6. The van der Waals surface area contributed by atoms with Gasteiger partial charge in [0.1, 0.15) is 5.44 Å². The first-order valence-electron chi connectivity index (χ1n) is 19.9. The van der Waals surface area contributed by atoms with E-state index in [4.69, 9.17) is 4.98 Å². The van der Waals surface area contributed by atoms with Crippen molar-refractivity contribution in [2.75, 3.05) is 0 Å². The molecule has 4 aliphatic carbocycles. The van der Waals surface area contributed by atoms with E-state index < -0.39 is 7.14 Å². The molecule has 0 saturated carbocycles. The van der Waals surface area contributed by atoms with E-state index in [1.807, 2.05) is 30.5 Å². The number of pyridine rings is 1. The molecular formula is C52H44NOP. The van der Waals surface area contributed by atoms with Crippen LogP contribution in [0, 0.1) is 18.8 Å². The summed E-state index contributed by atoms with van der Waals surface area (Å²) < 4.78 is 15.4. The lowest BCUT2D eigenvalue weighted by Gasteiger charge is -2.36. The molecule has 55 heavy (non-hydrogen) atoms. The lowest BCUT2D eigenvalue weighted by Crippen LogP contribution is -2.40.